The van der Waals surface area contributed by atoms with E-state index in [0.717, 1.165) is 19.5 Å². The molecule has 16 heavy (non-hydrogen) atoms. The van der Waals surface area contributed by atoms with Crippen LogP contribution < -0.4 is 5.32 Å². The van der Waals surface area contributed by atoms with Crippen molar-refractivity contribution in [2.24, 2.45) is 0 Å². The van der Waals surface area contributed by atoms with Crippen LogP contribution in [-0.2, 0) is 9.53 Å². The Morgan fingerprint density at radius 1 is 1.50 bits per heavy atom. The van der Waals surface area contributed by atoms with E-state index in [1.165, 1.54) is 32.9 Å². The summed E-state index contributed by atoms with van der Waals surface area (Å²) in [7, 11) is 1.54. The molecule has 0 radical (unpaired) electrons. The van der Waals surface area contributed by atoms with E-state index in [1.54, 1.807) is 0 Å². The zero-order valence-corrected chi connectivity index (χ0v) is 10.5. The number of hydrogen-bond donors (Lipinski definition) is 1. The molecule has 0 saturated carbocycles. The van der Waals surface area contributed by atoms with E-state index in [1.807, 2.05) is 0 Å². The molecule has 1 aliphatic heterocycles. The first-order valence-corrected chi connectivity index (χ1v) is 6.23. The van der Waals surface area contributed by atoms with Crippen LogP contribution >= 0.6 is 0 Å². The van der Waals surface area contributed by atoms with E-state index < -0.39 is 0 Å². The molecule has 1 aliphatic rings. The first kappa shape index (κ1) is 13.5. The third kappa shape index (κ3) is 4.94. The highest BCUT2D eigenvalue weighted by Crippen LogP contribution is 2.15. The summed E-state index contributed by atoms with van der Waals surface area (Å²) >= 11 is 0. The number of piperidine rings is 1. The Morgan fingerprint density at radius 3 is 3.00 bits per heavy atom. The van der Waals surface area contributed by atoms with Crippen molar-refractivity contribution in [2.45, 2.75) is 38.6 Å². The monoisotopic (exact) mass is 228 g/mol. The van der Waals surface area contributed by atoms with E-state index in [2.05, 4.69) is 17.1 Å². The van der Waals surface area contributed by atoms with Gasteiger partial charge in [-0.3, -0.25) is 4.79 Å². The molecule has 1 saturated heterocycles. The van der Waals surface area contributed by atoms with Crippen LogP contribution in [0.1, 0.15) is 32.6 Å². The van der Waals surface area contributed by atoms with Crippen LogP contribution in [0.3, 0.4) is 0 Å². The molecule has 0 aromatic rings. The highest BCUT2D eigenvalue weighted by molar-refractivity contribution is 5.77. The number of rotatable bonds is 6. The Bertz CT molecular complexity index is 209. The molecule has 1 heterocycles. The largest absolute Gasteiger partial charge is 0.375 e. The van der Waals surface area contributed by atoms with Crippen LogP contribution in [0.25, 0.3) is 0 Å². The van der Waals surface area contributed by atoms with Crippen LogP contribution in [0.15, 0.2) is 0 Å². The fraction of sp³-hybridized carbons (Fsp3) is 0.917. The summed E-state index contributed by atoms with van der Waals surface area (Å²) in [5, 5.41) is 2.85. The Labute approximate surface area is 98.3 Å². The lowest BCUT2D eigenvalue weighted by molar-refractivity contribution is -0.124. The van der Waals surface area contributed by atoms with E-state index in [0.29, 0.717) is 6.04 Å². The van der Waals surface area contributed by atoms with Gasteiger partial charge in [-0.05, 0) is 32.7 Å². The summed E-state index contributed by atoms with van der Waals surface area (Å²) in [5.74, 6) is -0.0193. The van der Waals surface area contributed by atoms with Crippen LogP contribution in [0, 0.1) is 0 Å². The van der Waals surface area contributed by atoms with Gasteiger partial charge in [0.15, 0.2) is 0 Å². The van der Waals surface area contributed by atoms with Gasteiger partial charge in [-0.1, -0.05) is 6.42 Å². The standard InChI is InChI=1S/C12H24N2O2/c1-11-6-3-4-8-14(11)9-5-7-13-12(15)10-16-2/h11H,3-10H2,1-2H3,(H,13,15). The lowest BCUT2D eigenvalue weighted by Crippen LogP contribution is -2.39. The third-order valence-corrected chi connectivity index (χ3v) is 3.16. The molecular weight excluding hydrogens is 204 g/mol. The molecule has 1 atom stereocenters. The molecular formula is C12H24N2O2. The lowest BCUT2D eigenvalue weighted by atomic mass is 10.0. The molecule has 0 spiro atoms. The number of nitrogens with one attached hydrogen (secondary N) is 1. The number of ether oxygens (including phenoxy) is 1. The van der Waals surface area contributed by atoms with Gasteiger partial charge in [-0.2, -0.15) is 0 Å². The number of carbonyl (C=O) groups excluding carboxylic acids is 1. The number of methoxy groups -OCH3 is 1. The molecule has 0 aromatic carbocycles. The first-order valence-electron chi connectivity index (χ1n) is 6.23. The Morgan fingerprint density at radius 2 is 2.31 bits per heavy atom. The molecule has 4 heteroatoms. The minimum atomic E-state index is -0.0193. The fourth-order valence-electron chi connectivity index (χ4n) is 2.18. The van der Waals surface area contributed by atoms with Crippen molar-refractivity contribution in [2.75, 3.05) is 33.4 Å². The summed E-state index contributed by atoms with van der Waals surface area (Å²) in [5.41, 5.74) is 0. The number of likely N-dealkylation sites (tertiary alicyclic amines) is 1. The highest BCUT2D eigenvalue weighted by atomic mass is 16.5. The molecule has 1 unspecified atom stereocenters. The molecule has 0 aliphatic carbocycles. The van der Waals surface area contributed by atoms with Crippen molar-refractivity contribution in [3.05, 3.63) is 0 Å². The second kappa shape index (κ2) is 7.63. The van der Waals surface area contributed by atoms with Crippen molar-refractivity contribution in [1.29, 1.82) is 0 Å². The van der Waals surface area contributed by atoms with Crippen LogP contribution in [-0.4, -0.2) is 50.2 Å². The summed E-state index contributed by atoms with van der Waals surface area (Å²) in [6.07, 6.45) is 5.03. The molecule has 1 rings (SSSR count). The zero-order valence-electron chi connectivity index (χ0n) is 10.5. The Kier molecular flexibility index (Phi) is 6.42. The van der Waals surface area contributed by atoms with Crippen LogP contribution in [0.4, 0.5) is 0 Å². The van der Waals surface area contributed by atoms with Crippen molar-refractivity contribution in [3.8, 4) is 0 Å². The SMILES string of the molecule is COCC(=O)NCCCN1CCCCC1C. The van der Waals surface area contributed by atoms with E-state index in [9.17, 15) is 4.79 Å². The molecule has 1 N–H and O–H groups in total. The third-order valence-electron chi connectivity index (χ3n) is 3.16. The maximum atomic E-state index is 11.1. The zero-order chi connectivity index (χ0) is 11.8. The van der Waals surface area contributed by atoms with Gasteiger partial charge in [0, 0.05) is 26.2 Å². The molecule has 1 fully saturated rings. The van der Waals surface area contributed by atoms with Crippen molar-refractivity contribution < 1.29 is 9.53 Å². The predicted molar refractivity (Wildman–Crippen MR) is 64.4 cm³/mol. The number of carbonyl (C=O) groups is 1. The van der Waals surface area contributed by atoms with Gasteiger partial charge in [0.05, 0.1) is 0 Å². The highest BCUT2D eigenvalue weighted by Gasteiger charge is 2.16. The molecule has 1 amide bonds. The smallest absolute Gasteiger partial charge is 0.245 e. The van der Waals surface area contributed by atoms with Gasteiger partial charge in [0.1, 0.15) is 6.61 Å². The minimum absolute atomic E-state index is 0.0193. The quantitative estimate of drug-likeness (QED) is 0.690. The number of nitrogens with zero attached hydrogens (tertiary/aromatic N) is 1. The average molecular weight is 228 g/mol. The van der Waals surface area contributed by atoms with Crippen LogP contribution in [0.5, 0.6) is 0 Å². The van der Waals surface area contributed by atoms with Gasteiger partial charge in [0.25, 0.3) is 0 Å². The Balaban J connectivity index is 2.03. The number of amides is 1. The van der Waals surface area contributed by atoms with Gasteiger partial charge >= 0.3 is 0 Å². The minimum Gasteiger partial charge on any atom is -0.375 e. The van der Waals surface area contributed by atoms with Crippen molar-refractivity contribution in [3.63, 3.8) is 0 Å². The van der Waals surface area contributed by atoms with Crippen molar-refractivity contribution >= 4 is 5.91 Å². The summed E-state index contributed by atoms with van der Waals surface area (Å²) in [6.45, 7) is 5.52. The average Bonchev–Trinajstić information content (AvgIpc) is 2.27. The van der Waals surface area contributed by atoms with Gasteiger partial charge < -0.3 is 15.0 Å². The fourth-order valence-corrected chi connectivity index (χ4v) is 2.18. The second-order valence-electron chi connectivity index (χ2n) is 4.52. The lowest BCUT2D eigenvalue weighted by Gasteiger charge is -2.33. The van der Waals surface area contributed by atoms with Crippen LogP contribution in [0.2, 0.25) is 0 Å². The molecule has 4 nitrogen and oxygen atoms in total. The number of hydrogen-bond acceptors (Lipinski definition) is 3. The molecule has 94 valence electrons. The van der Waals surface area contributed by atoms with Gasteiger partial charge in [-0.25, -0.2) is 0 Å². The summed E-state index contributed by atoms with van der Waals surface area (Å²) in [6, 6.07) is 0.712. The Hall–Kier alpha value is -0.610. The van der Waals surface area contributed by atoms with Gasteiger partial charge in [0.2, 0.25) is 5.91 Å². The summed E-state index contributed by atoms with van der Waals surface area (Å²) in [4.78, 5) is 13.6. The van der Waals surface area contributed by atoms with Gasteiger partial charge in [-0.15, -0.1) is 0 Å². The second-order valence-corrected chi connectivity index (χ2v) is 4.52. The molecule has 0 aromatic heterocycles. The maximum Gasteiger partial charge on any atom is 0.245 e. The first-order chi connectivity index (χ1) is 7.74. The topological polar surface area (TPSA) is 41.6 Å². The van der Waals surface area contributed by atoms with E-state index in [-0.39, 0.29) is 12.5 Å². The van der Waals surface area contributed by atoms with Crippen molar-refractivity contribution in [1.82, 2.24) is 10.2 Å². The predicted octanol–water partition coefficient (Wildman–Crippen LogP) is 1.01. The summed E-state index contributed by atoms with van der Waals surface area (Å²) < 4.78 is 4.75. The van der Waals surface area contributed by atoms with E-state index >= 15 is 0 Å². The maximum absolute atomic E-state index is 11.1. The molecule has 0 bridgehead atoms. The normalized spacial score (nSPS) is 22.0. The van der Waals surface area contributed by atoms with E-state index in [4.69, 9.17) is 4.74 Å².